The molecule has 1 aliphatic carbocycles. The average Bonchev–Trinajstić information content (AvgIpc) is 2.87. The van der Waals surface area contributed by atoms with Crippen LogP contribution < -0.4 is 10.1 Å². The largest absolute Gasteiger partial charge is 0.489 e. The lowest BCUT2D eigenvalue weighted by Crippen LogP contribution is -2.37. The van der Waals surface area contributed by atoms with Gasteiger partial charge in [0.05, 0.1) is 0 Å². The molecule has 0 heterocycles. The molecule has 1 amide bonds. The summed E-state index contributed by atoms with van der Waals surface area (Å²) >= 11 is 0. The second kappa shape index (κ2) is 11.3. The van der Waals surface area contributed by atoms with Gasteiger partial charge in [0.2, 0.25) is 5.91 Å². The zero-order valence-corrected chi connectivity index (χ0v) is 20.6. The van der Waals surface area contributed by atoms with Crippen LogP contribution in [0.5, 0.6) is 5.75 Å². The topological polar surface area (TPSA) is 41.6 Å². The van der Waals surface area contributed by atoms with E-state index in [1.165, 1.54) is 22.3 Å². The molecule has 178 valence electrons. The van der Waals surface area contributed by atoms with Crippen molar-refractivity contribution in [2.24, 2.45) is 5.92 Å². The molecule has 4 rings (SSSR count). The van der Waals surface area contributed by atoms with Gasteiger partial charge in [-0.15, -0.1) is 0 Å². The molecule has 0 bridgehead atoms. The number of rotatable bonds is 9. The number of benzene rings is 3. The fourth-order valence-corrected chi connectivity index (χ4v) is 4.77. The fourth-order valence-electron chi connectivity index (χ4n) is 4.77. The van der Waals surface area contributed by atoms with Gasteiger partial charge in [0, 0.05) is 19.0 Å². The minimum atomic E-state index is -0.0314. The summed E-state index contributed by atoms with van der Waals surface area (Å²) < 4.78 is 6.14. The van der Waals surface area contributed by atoms with Crippen LogP contribution in [0, 0.1) is 5.92 Å². The van der Waals surface area contributed by atoms with Crippen LogP contribution in [0.3, 0.4) is 0 Å². The Morgan fingerprint density at radius 1 is 1.03 bits per heavy atom. The first kappa shape index (κ1) is 24.0. The first-order valence-corrected chi connectivity index (χ1v) is 12.3. The number of ether oxygens (including phenoxy) is 1. The standard InChI is InChI=1S/C30H36N2O2/c1-22(30(33)31-18-19-32(2)3)28-11-7-10-26-20-27(16-17-29(26)28)34-21-23-12-14-25(15-13-23)24-8-5-4-6-9-24/h4-6,8-9,12-17,20,22,28H,7,10-11,18-19,21H2,1-3H3,(H,31,33). The average molecular weight is 457 g/mol. The Kier molecular flexibility index (Phi) is 8.02. The Balaban J connectivity index is 1.37. The van der Waals surface area contributed by atoms with Gasteiger partial charge in [0.15, 0.2) is 0 Å². The number of carbonyl (C=O) groups is 1. The van der Waals surface area contributed by atoms with E-state index in [9.17, 15) is 4.79 Å². The van der Waals surface area contributed by atoms with Gasteiger partial charge in [0.25, 0.3) is 0 Å². The minimum absolute atomic E-state index is 0.0314. The minimum Gasteiger partial charge on any atom is -0.489 e. The molecule has 0 aliphatic heterocycles. The zero-order chi connectivity index (χ0) is 23.9. The molecule has 34 heavy (non-hydrogen) atoms. The van der Waals surface area contributed by atoms with Crippen LogP contribution in [-0.2, 0) is 17.8 Å². The molecular weight excluding hydrogens is 420 g/mol. The van der Waals surface area contributed by atoms with Crippen molar-refractivity contribution in [1.29, 1.82) is 0 Å². The first-order valence-electron chi connectivity index (χ1n) is 12.3. The van der Waals surface area contributed by atoms with Crippen LogP contribution in [0.1, 0.15) is 42.4 Å². The highest BCUT2D eigenvalue weighted by molar-refractivity contribution is 5.79. The second-order valence-corrected chi connectivity index (χ2v) is 9.59. The van der Waals surface area contributed by atoms with Crippen LogP contribution in [0.25, 0.3) is 11.1 Å². The highest BCUT2D eigenvalue weighted by Crippen LogP contribution is 2.38. The third-order valence-corrected chi connectivity index (χ3v) is 6.82. The maximum absolute atomic E-state index is 12.7. The highest BCUT2D eigenvalue weighted by atomic mass is 16.5. The van der Waals surface area contributed by atoms with Gasteiger partial charge in [-0.25, -0.2) is 0 Å². The molecule has 2 atom stereocenters. The Morgan fingerprint density at radius 3 is 2.50 bits per heavy atom. The van der Waals surface area contributed by atoms with E-state index in [4.69, 9.17) is 4.74 Å². The van der Waals surface area contributed by atoms with E-state index < -0.39 is 0 Å². The third kappa shape index (κ3) is 6.06. The van der Waals surface area contributed by atoms with Gasteiger partial charge in [-0.05, 0) is 79.2 Å². The van der Waals surface area contributed by atoms with Gasteiger partial charge in [-0.3, -0.25) is 4.79 Å². The summed E-state index contributed by atoms with van der Waals surface area (Å²) in [6.07, 6.45) is 3.21. The van der Waals surface area contributed by atoms with Crippen LogP contribution in [-0.4, -0.2) is 38.0 Å². The predicted octanol–water partition coefficient (Wildman–Crippen LogP) is 5.67. The van der Waals surface area contributed by atoms with Gasteiger partial charge >= 0.3 is 0 Å². The summed E-state index contributed by atoms with van der Waals surface area (Å²) in [5.41, 5.74) is 6.21. The summed E-state index contributed by atoms with van der Waals surface area (Å²) in [7, 11) is 4.04. The molecule has 0 spiro atoms. The molecule has 0 fully saturated rings. The van der Waals surface area contributed by atoms with Gasteiger partial charge in [-0.1, -0.05) is 67.6 Å². The van der Waals surface area contributed by atoms with E-state index in [-0.39, 0.29) is 17.7 Å². The van der Waals surface area contributed by atoms with E-state index in [0.29, 0.717) is 13.2 Å². The summed E-state index contributed by atoms with van der Waals surface area (Å²) in [6, 6.07) is 25.4. The maximum Gasteiger partial charge on any atom is 0.223 e. The molecule has 4 heteroatoms. The summed E-state index contributed by atoms with van der Waals surface area (Å²) in [4.78, 5) is 14.8. The van der Waals surface area contributed by atoms with Crippen LogP contribution in [0.15, 0.2) is 72.8 Å². The van der Waals surface area contributed by atoms with Crippen molar-refractivity contribution < 1.29 is 9.53 Å². The third-order valence-electron chi connectivity index (χ3n) is 6.82. The van der Waals surface area contributed by atoms with E-state index in [0.717, 1.165) is 37.1 Å². The number of likely N-dealkylation sites (N-methyl/N-ethyl adjacent to an activating group) is 1. The van der Waals surface area contributed by atoms with Crippen molar-refractivity contribution in [3.63, 3.8) is 0 Å². The summed E-state index contributed by atoms with van der Waals surface area (Å²) in [5, 5.41) is 3.10. The van der Waals surface area contributed by atoms with Crippen molar-refractivity contribution in [2.75, 3.05) is 27.2 Å². The molecule has 0 radical (unpaired) electrons. The monoisotopic (exact) mass is 456 g/mol. The first-order chi connectivity index (χ1) is 16.5. The van der Waals surface area contributed by atoms with Gasteiger partial charge < -0.3 is 15.0 Å². The molecule has 0 saturated heterocycles. The summed E-state index contributed by atoms with van der Waals surface area (Å²) in [5.74, 6) is 1.28. The smallest absolute Gasteiger partial charge is 0.223 e. The molecule has 4 nitrogen and oxygen atoms in total. The number of nitrogens with zero attached hydrogens (tertiary/aromatic N) is 1. The molecule has 0 saturated carbocycles. The van der Waals surface area contributed by atoms with Crippen molar-refractivity contribution in [3.8, 4) is 16.9 Å². The Hall–Kier alpha value is -3.11. The van der Waals surface area contributed by atoms with Crippen molar-refractivity contribution in [3.05, 3.63) is 89.5 Å². The molecular formula is C30H36N2O2. The molecule has 1 aliphatic rings. The number of carbonyl (C=O) groups excluding carboxylic acids is 1. The maximum atomic E-state index is 12.7. The lowest BCUT2D eigenvalue weighted by atomic mass is 9.76. The number of amides is 1. The molecule has 1 N–H and O–H groups in total. The highest BCUT2D eigenvalue weighted by Gasteiger charge is 2.29. The van der Waals surface area contributed by atoms with Crippen LogP contribution in [0.2, 0.25) is 0 Å². The number of nitrogens with one attached hydrogen (secondary N) is 1. The van der Waals surface area contributed by atoms with Crippen molar-refractivity contribution >= 4 is 5.91 Å². The van der Waals surface area contributed by atoms with E-state index >= 15 is 0 Å². The van der Waals surface area contributed by atoms with E-state index in [2.05, 4.69) is 83.9 Å². The lowest BCUT2D eigenvalue weighted by molar-refractivity contribution is -0.125. The van der Waals surface area contributed by atoms with Crippen LogP contribution >= 0.6 is 0 Å². The zero-order valence-electron chi connectivity index (χ0n) is 20.6. The molecule has 0 aromatic heterocycles. The number of aryl methyl sites for hydroxylation is 1. The lowest BCUT2D eigenvalue weighted by Gasteiger charge is -2.30. The Labute approximate surface area is 204 Å². The van der Waals surface area contributed by atoms with E-state index in [1.54, 1.807) is 0 Å². The van der Waals surface area contributed by atoms with Crippen molar-refractivity contribution in [2.45, 2.75) is 38.7 Å². The SMILES string of the molecule is CC(C(=O)NCCN(C)C)C1CCCc2cc(OCc3ccc(-c4ccccc4)cc3)ccc21. The van der Waals surface area contributed by atoms with Gasteiger partial charge in [0.1, 0.15) is 12.4 Å². The molecule has 2 unspecified atom stereocenters. The number of fused-ring (bicyclic) bond motifs is 1. The normalized spacial score (nSPS) is 16.1. The molecule has 3 aromatic rings. The second-order valence-electron chi connectivity index (χ2n) is 9.59. The van der Waals surface area contributed by atoms with Crippen molar-refractivity contribution in [1.82, 2.24) is 10.2 Å². The van der Waals surface area contributed by atoms with Crippen LogP contribution in [0.4, 0.5) is 0 Å². The Morgan fingerprint density at radius 2 is 1.76 bits per heavy atom. The Bertz CT molecular complexity index is 1080. The quantitative estimate of drug-likeness (QED) is 0.451. The number of hydrogen-bond acceptors (Lipinski definition) is 3. The fraction of sp³-hybridized carbons (Fsp3) is 0.367. The van der Waals surface area contributed by atoms with Gasteiger partial charge in [-0.2, -0.15) is 0 Å². The number of hydrogen-bond donors (Lipinski definition) is 1. The van der Waals surface area contributed by atoms with E-state index in [1.807, 2.05) is 20.2 Å². The molecule has 3 aromatic carbocycles. The summed E-state index contributed by atoms with van der Waals surface area (Å²) in [6.45, 7) is 4.15. The predicted molar refractivity (Wildman–Crippen MR) is 139 cm³/mol.